The second kappa shape index (κ2) is 5.31. The maximum atomic E-state index is 12.7. The first kappa shape index (κ1) is 14.4. The second-order valence-electron chi connectivity index (χ2n) is 5.98. The second-order valence-corrected chi connectivity index (χ2v) is 7.07. The molecular formula is C16H21N3OS. The molecule has 1 aliphatic rings. The minimum Gasteiger partial charge on any atom is -0.399 e. The van der Waals surface area contributed by atoms with E-state index in [1.807, 2.05) is 29.2 Å². The molecule has 1 aliphatic heterocycles. The van der Waals surface area contributed by atoms with Crippen molar-refractivity contribution in [2.24, 2.45) is 0 Å². The van der Waals surface area contributed by atoms with Gasteiger partial charge in [0.1, 0.15) is 0 Å². The number of carbonyl (C=O) groups is 1. The number of fused-ring (bicyclic) bond motifs is 1. The van der Waals surface area contributed by atoms with E-state index in [4.69, 9.17) is 5.73 Å². The quantitative estimate of drug-likeness (QED) is 0.824. The third-order valence-corrected chi connectivity index (χ3v) is 5.50. The first-order valence-electron chi connectivity index (χ1n) is 7.26. The average molecular weight is 303 g/mol. The molecule has 2 heterocycles. The molecule has 0 spiro atoms. The van der Waals surface area contributed by atoms with E-state index in [2.05, 4.69) is 25.8 Å². The lowest BCUT2D eigenvalue weighted by Gasteiger charge is -2.42. The molecule has 1 aromatic carbocycles. The zero-order valence-electron chi connectivity index (χ0n) is 12.7. The molecule has 112 valence electrons. The Balaban J connectivity index is 1.86. The summed E-state index contributed by atoms with van der Waals surface area (Å²) < 4.78 is 1.11. The summed E-state index contributed by atoms with van der Waals surface area (Å²) in [5.74, 6) is 0.140. The number of benzene rings is 1. The third-order valence-electron chi connectivity index (χ3n) is 4.40. The lowest BCUT2D eigenvalue weighted by Crippen LogP contribution is -2.56. The molecule has 2 atom stereocenters. The Morgan fingerprint density at radius 2 is 1.90 bits per heavy atom. The lowest BCUT2D eigenvalue weighted by molar-refractivity contribution is 0.0418. The van der Waals surface area contributed by atoms with Crippen molar-refractivity contribution in [2.75, 3.05) is 25.9 Å². The highest BCUT2D eigenvalue weighted by atomic mass is 32.1. The van der Waals surface area contributed by atoms with Crippen LogP contribution in [0.1, 0.15) is 23.5 Å². The molecule has 3 rings (SSSR count). The van der Waals surface area contributed by atoms with Crippen LogP contribution in [-0.4, -0.2) is 47.9 Å². The number of amides is 1. The van der Waals surface area contributed by atoms with Crippen molar-refractivity contribution in [3.05, 3.63) is 29.1 Å². The molecule has 1 fully saturated rings. The van der Waals surface area contributed by atoms with Gasteiger partial charge in [-0.05, 0) is 50.5 Å². The van der Waals surface area contributed by atoms with Crippen molar-refractivity contribution in [3.63, 3.8) is 0 Å². The fourth-order valence-electron chi connectivity index (χ4n) is 2.89. The zero-order valence-corrected chi connectivity index (χ0v) is 13.5. The van der Waals surface area contributed by atoms with Crippen molar-refractivity contribution in [2.45, 2.75) is 25.9 Å². The number of anilines is 1. The van der Waals surface area contributed by atoms with Gasteiger partial charge in [-0.3, -0.25) is 9.69 Å². The van der Waals surface area contributed by atoms with Crippen molar-refractivity contribution in [1.82, 2.24) is 9.80 Å². The van der Waals surface area contributed by atoms with Crippen LogP contribution in [0.5, 0.6) is 0 Å². The molecule has 1 saturated heterocycles. The van der Waals surface area contributed by atoms with Crippen LogP contribution in [0.15, 0.2) is 24.3 Å². The Bertz CT molecular complexity index is 669. The molecule has 5 heteroatoms. The number of rotatable bonds is 1. The number of nitrogens with two attached hydrogens (primary N) is 1. The minimum atomic E-state index is 0.140. The molecule has 0 aliphatic carbocycles. The first-order chi connectivity index (χ1) is 9.95. The molecule has 21 heavy (non-hydrogen) atoms. The highest BCUT2D eigenvalue weighted by molar-refractivity contribution is 7.20. The smallest absolute Gasteiger partial charge is 0.264 e. The van der Waals surface area contributed by atoms with Crippen molar-refractivity contribution >= 4 is 33.0 Å². The lowest BCUT2D eigenvalue weighted by atomic mass is 10.1. The van der Waals surface area contributed by atoms with Crippen LogP contribution < -0.4 is 5.73 Å². The summed E-state index contributed by atoms with van der Waals surface area (Å²) in [5, 5.41) is 1.05. The molecule has 2 unspecified atom stereocenters. The SMILES string of the molecule is CC1CN(C(=O)c2cc3cc(N)ccc3s2)CC(C)N1C. The molecule has 1 aromatic heterocycles. The number of hydrogen-bond donors (Lipinski definition) is 1. The molecule has 0 radical (unpaired) electrons. The number of nitrogens with zero attached hydrogens (tertiary/aromatic N) is 2. The van der Waals surface area contributed by atoms with Crippen LogP contribution in [-0.2, 0) is 0 Å². The molecule has 1 amide bonds. The Morgan fingerprint density at radius 1 is 1.24 bits per heavy atom. The number of likely N-dealkylation sites (N-methyl/N-ethyl adjacent to an activating group) is 1. The van der Waals surface area contributed by atoms with Gasteiger partial charge in [-0.2, -0.15) is 0 Å². The van der Waals surface area contributed by atoms with Gasteiger partial charge in [-0.25, -0.2) is 0 Å². The predicted molar refractivity (Wildman–Crippen MR) is 88.8 cm³/mol. The van der Waals surface area contributed by atoms with Gasteiger partial charge < -0.3 is 10.6 Å². The van der Waals surface area contributed by atoms with E-state index in [0.717, 1.165) is 33.7 Å². The monoisotopic (exact) mass is 303 g/mol. The number of nitrogen functional groups attached to an aromatic ring is 1. The number of hydrogen-bond acceptors (Lipinski definition) is 4. The van der Waals surface area contributed by atoms with E-state index in [-0.39, 0.29) is 5.91 Å². The molecule has 0 saturated carbocycles. The largest absolute Gasteiger partial charge is 0.399 e. The maximum Gasteiger partial charge on any atom is 0.264 e. The number of piperazine rings is 1. The minimum absolute atomic E-state index is 0.140. The van der Waals surface area contributed by atoms with Gasteiger partial charge >= 0.3 is 0 Å². The molecular weight excluding hydrogens is 282 g/mol. The van der Waals surface area contributed by atoms with Crippen LogP contribution in [0.2, 0.25) is 0 Å². The van der Waals surface area contributed by atoms with Crippen molar-refractivity contribution in [3.8, 4) is 0 Å². The average Bonchev–Trinajstić information content (AvgIpc) is 2.86. The van der Waals surface area contributed by atoms with Gasteiger partial charge in [0.15, 0.2) is 0 Å². The standard InChI is InChI=1S/C16H21N3OS/c1-10-8-19(9-11(2)18(10)3)16(20)15-7-12-6-13(17)4-5-14(12)21-15/h4-7,10-11H,8-9,17H2,1-3H3. The summed E-state index contributed by atoms with van der Waals surface area (Å²) in [4.78, 5) is 17.8. The van der Waals surface area contributed by atoms with E-state index >= 15 is 0 Å². The van der Waals surface area contributed by atoms with Crippen LogP contribution in [0, 0.1) is 0 Å². The number of carbonyl (C=O) groups excluding carboxylic acids is 1. The third kappa shape index (κ3) is 2.63. The highest BCUT2D eigenvalue weighted by Crippen LogP contribution is 2.29. The van der Waals surface area contributed by atoms with Gasteiger partial charge in [0.05, 0.1) is 4.88 Å². The predicted octanol–water partition coefficient (Wildman–Crippen LogP) is 2.65. The van der Waals surface area contributed by atoms with Crippen LogP contribution in [0.4, 0.5) is 5.69 Å². The van der Waals surface area contributed by atoms with Crippen LogP contribution >= 0.6 is 11.3 Å². The Hall–Kier alpha value is -1.59. The van der Waals surface area contributed by atoms with Crippen molar-refractivity contribution in [1.29, 1.82) is 0 Å². The van der Waals surface area contributed by atoms with Crippen LogP contribution in [0.25, 0.3) is 10.1 Å². The Labute approximate surface area is 129 Å². The molecule has 0 bridgehead atoms. The van der Waals surface area contributed by atoms with E-state index in [1.54, 1.807) is 11.3 Å². The van der Waals surface area contributed by atoms with Gasteiger partial charge in [0.2, 0.25) is 0 Å². The van der Waals surface area contributed by atoms with Crippen molar-refractivity contribution < 1.29 is 4.79 Å². The fourth-order valence-corrected chi connectivity index (χ4v) is 3.90. The summed E-state index contributed by atoms with van der Waals surface area (Å²) in [6, 6.07) is 8.55. The summed E-state index contributed by atoms with van der Waals surface area (Å²) in [5.41, 5.74) is 6.54. The first-order valence-corrected chi connectivity index (χ1v) is 8.07. The van der Waals surface area contributed by atoms with Gasteiger partial charge in [0, 0.05) is 35.6 Å². The Kier molecular flexibility index (Phi) is 3.63. The summed E-state index contributed by atoms with van der Waals surface area (Å²) in [7, 11) is 2.12. The van der Waals surface area contributed by atoms with Gasteiger partial charge in [0.25, 0.3) is 5.91 Å². The van der Waals surface area contributed by atoms with E-state index in [1.165, 1.54) is 0 Å². The van der Waals surface area contributed by atoms with Gasteiger partial charge in [-0.1, -0.05) is 0 Å². The zero-order chi connectivity index (χ0) is 15.1. The van der Waals surface area contributed by atoms with Gasteiger partial charge in [-0.15, -0.1) is 11.3 Å². The van der Waals surface area contributed by atoms with Crippen LogP contribution in [0.3, 0.4) is 0 Å². The number of thiophene rings is 1. The Morgan fingerprint density at radius 3 is 2.57 bits per heavy atom. The summed E-state index contributed by atoms with van der Waals surface area (Å²) >= 11 is 1.55. The normalized spacial score (nSPS) is 23.7. The summed E-state index contributed by atoms with van der Waals surface area (Å²) in [6.07, 6.45) is 0. The fraction of sp³-hybridized carbons (Fsp3) is 0.438. The highest BCUT2D eigenvalue weighted by Gasteiger charge is 2.30. The molecule has 2 N–H and O–H groups in total. The van der Waals surface area contributed by atoms with E-state index in [9.17, 15) is 4.79 Å². The maximum absolute atomic E-state index is 12.7. The topological polar surface area (TPSA) is 49.6 Å². The molecule has 4 nitrogen and oxygen atoms in total. The van der Waals surface area contributed by atoms with E-state index < -0.39 is 0 Å². The molecule has 2 aromatic rings. The summed E-state index contributed by atoms with van der Waals surface area (Å²) in [6.45, 7) is 5.91. The van der Waals surface area contributed by atoms with E-state index in [0.29, 0.717) is 12.1 Å².